The molecule has 15 heavy (non-hydrogen) atoms. The zero-order chi connectivity index (χ0) is 11.2. The lowest BCUT2D eigenvalue weighted by Gasteiger charge is -2.27. The smallest absolute Gasteiger partial charge is 0.167 e. The van der Waals surface area contributed by atoms with Crippen molar-refractivity contribution in [2.45, 2.75) is 33.2 Å². The van der Waals surface area contributed by atoms with Crippen molar-refractivity contribution in [3.05, 3.63) is 17.0 Å². The number of carbonyl (C=O) groups is 1. The minimum Gasteiger partial charge on any atom is -0.325 e. The number of aryl methyl sites for hydroxylation is 1. The van der Waals surface area contributed by atoms with Crippen molar-refractivity contribution in [2.75, 3.05) is 0 Å². The number of rotatable bonds is 1. The minimum absolute atomic E-state index is 0.0320. The molecule has 4 nitrogen and oxygen atoms in total. The van der Waals surface area contributed by atoms with Crippen molar-refractivity contribution in [3.63, 3.8) is 0 Å². The van der Waals surface area contributed by atoms with Crippen LogP contribution in [0.3, 0.4) is 0 Å². The van der Waals surface area contributed by atoms with Gasteiger partial charge in [-0.1, -0.05) is 13.8 Å². The Morgan fingerprint density at radius 2 is 2.13 bits per heavy atom. The van der Waals surface area contributed by atoms with Crippen LogP contribution in [0.4, 0.5) is 0 Å². The molecule has 1 aliphatic rings. The fourth-order valence-electron chi connectivity index (χ4n) is 2.34. The normalized spacial score (nSPS) is 19.1. The van der Waals surface area contributed by atoms with Gasteiger partial charge in [0.05, 0.1) is 17.0 Å². The predicted molar refractivity (Wildman–Crippen MR) is 57.5 cm³/mol. The molecule has 0 atom stereocenters. The molecule has 1 aromatic rings. The number of Topliss-reactive ketones (excluding diaryl/α,β-unsaturated/α-hetero) is 1. The maximum Gasteiger partial charge on any atom is 0.167 e. The van der Waals surface area contributed by atoms with E-state index in [-0.39, 0.29) is 11.2 Å². The number of ketones is 1. The van der Waals surface area contributed by atoms with E-state index in [4.69, 9.17) is 5.73 Å². The van der Waals surface area contributed by atoms with E-state index in [1.165, 1.54) is 0 Å². The van der Waals surface area contributed by atoms with Gasteiger partial charge in [0.25, 0.3) is 0 Å². The van der Waals surface area contributed by atoms with Crippen LogP contribution in [0, 0.1) is 5.41 Å². The van der Waals surface area contributed by atoms with Crippen molar-refractivity contribution in [3.8, 4) is 0 Å². The molecule has 0 fully saturated rings. The molecule has 0 amide bonds. The summed E-state index contributed by atoms with van der Waals surface area (Å²) < 4.78 is 1.74. The summed E-state index contributed by atoms with van der Waals surface area (Å²) in [5.41, 5.74) is 8.23. The second-order valence-electron chi connectivity index (χ2n) is 5.04. The van der Waals surface area contributed by atoms with Gasteiger partial charge in [-0.3, -0.25) is 9.48 Å². The molecule has 0 saturated heterocycles. The summed E-state index contributed by atoms with van der Waals surface area (Å²) in [6.45, 7) is 4.58. The van der Waals surface area contributed by atoms with Gasteiger partial charge in [-0.2, -0.15) is 5.10 Å². The Balaban J connectivity index is 2.55. The third-order valence-corrected chi connectivity index (χ3v) is 3.00. The summed E-state index contributed by atoms with van der Waals surface area (Å²) in [4.78, 5) is 12.0. The van der Waals surface area contributed by atoms with Crippen molar-refractivity contribution in [1.82, 2.24) is 9.78 Å². The Morgan fingerprint density at radius 1 is 1.47 bits per heavy atom. The highest BCUT2D eigenvalue weighted by Gasteiger charge is 2.35. The van der Waals surface area contributed by atoms with Crippen LogP contribution < -0.4 is 5.73 Å². The zero-order valence-electron chi connectivity index (χ0n) is 9.50. The van der Waals surface area contributed by atoms with Gasteiger partial charge in [0, 0.05) is 20.0 Å². The van der Waals surface area contributed by atoms with E-state index in [2.05, 4.69) is 18.9 Å². The summed E-state index contributed by atoms with van der Waals surface area (Å²) >= 11 is 0. The number of hydrogen-bond donors (Lipinski definition) is 1. The number of nitrogens with zero attached hydrogens (tertiary/aromatic N) is 2. The van der Waals surface area contributed by atoms with Crippen LogP contribution >= 0.6 is 0 Å². The summed E-state index contributed by atoms with van der Waals surface area (Å²) in [6, 6.07) is 0. The molecular weight excluding hydrogens is 190 g/mol. The van der Waals surface area contributed by atoms with E-state index >= 15 is 0 Å². The van der Waals surface area contributed by atoms with Crippen LogP contribution in [0.5, 0.6) is 0 Å². The monoisotopic (exact) mass is 207 g/mol. The summed E-state index contributed by atoms with van der Waals surface area (Å²) in [6.07, 6.45) is 1.46. The Morgan fingerprint density at radius 3 is 2.73 bits per heavy atom. The lowest BCUT2D eigenvalue weighted by molar-refractivity contribution is 0.0911. The van der Waals surface area contributed by atoms with E-state index < -0.39 is 0 Å². The van der Waals surface area contributed by atoms with E-state index in [1.807, 2.05) is 7.05 Å². The zero-order valence-corrected chi connectivity index (χ0v) is 9.50. The average molecular weight is 207 g/mol. The van der Waals surface area contributed by atoms with E-state index in [9.17, 15) is 4.79 Å². The van der Waals surface area contributed by atoms with Crippen LogP contribution in [-0.2, 0) is 20.0 Å². The van der Waals surface area contributed by atoms with Crippen LogP contribution in [0.25, 0.3) is 0 Å². The number of aromatic nitrogens is 2. The van der Waals surface area contributed by atoms with E-state index in [1.54, 1.807) is 4.68 Å². The molecule has 0 bridgehead atoms. The molecule has 1 aliphatic carbocycles. The number of nitrogens with two attached hydrogens (primary N) is 1. The molecule has 0 saturated carbocycles. The molecule has 4 heteroatoms. The first-order chi connectivity index (χ1) is 6.94. The highest BCUT2D eigenvalue weighted by molar-refractivity contribution is 5.99. The molecule has 2 rings (SSSR count). The molecule has 0 spiro atoms. The Bertz CT molecular complexity index is 418. The first-order valence-corrected chi connectivity index (χ1v) is 5.22. The third-order valence-electron chi connectivity index (χ3n) is 3.00. The van der Waals surface area contributed by atoms with Crippen LogP contribution in [0.15, 0.2) is 0 Å². The van der Waals surface area contributed by atoms with Gasteiger partial charge in [0.1, 0.15) is 0 Å². The van der Waals surface area contributed by atoms with Gasteiger partial charge < -0.3 is 5.73 Å². The molecule has 0 aromatic carbocycles. The van der Waals surface area contributed by atoms with Crippen molar-refractivity contribution >= 4 is 5.78 Å². The Kier molecular flexibility index (Phi) is 2.19. The summed E-state index contributed by atoms with van der Waals surface area (Å²) in [5.74, 6) is 0.190. The van der Waals surface area contributed by atoms with Crippen molar-refractivity contribution in [2.24, 2.45) is 18.2 Å². The summed E-state index contributed by atoms with van der Waals surface area (Å²) in [7, 11) is 1.85. The van der Waals surface area contributed by atoms with Crippen LogP contribution in [-0.4, -0.2) is 15.6 Å². The fourth-order valence-corrected chi connectivity index (χ4v) is 2.34. The van der Waals surface area contributed by atoms with Gasteiger partial charge in [-0.05, 0) is 11.8 Å². The largest absolute Gasteiger partial charge is 0.325 e. The van der Waals surface area contributed by atoms with E-state index in [0.29, 0.717) is 13.0 Å². The first kappa shape index (κ1) is 10.4. The molecular formula is C11H17N3O. The third kappa shape index (κ3) is 1.59. The number of carbonyl (C=O) groups excluding carboxylic acids is 1. The highest BCUT2D eigenvalue weighted by Crippen LogP contribution is 2.35. The highest BCUT2D eigenvalue weighted by atomic mass is 16.1. The maximum atomic E-state index is 12.0. The maximum absolute atomic E-state index is 12.0. The Hall–Kier alpha value is -1.16. The van der Waals surface area contributed by atoms with E-state index in [0.717, 1.165) is 23.4 Å². The van der Waals surface area contributed by atoms with Gasteiger partial charge >= 0.3 is 0 Å². The number of fused-ring (bicyclic) bond motifs is 1. The average Bonchev–Trinajstić information content (AvgIpc) is 2.38. The quantitative estimate of drug-likeness (QED) is 0.748. The lowest BCUT2D eigenvalue weighted by atomic mass is 9.76. The van der Waals surface area contributed by atoms with Gasteiger partial charge in [0.2, 0.25) is 0 Å². The second kappa shape index (κ2) is 3.17. The van der Waals surface area contributed by atoms with Gasteiger partial charge in [0.15, 0.2) is 5.78 Å². The standard InChI is InChI=1S/C11H17N3O/c1-11(2)4-7-10(9(15)5-11)8(6-12)14(3)13-7/h4-6,12H2,1-3H3. The second-order valence-corrected chi connectivity index (χ2v) is 5.04. The number of hydrogen-bond acceptors (Lipinski definition) is 3. The SMILES string of the molecule is Cn1nc2c(c1CN)C(=O)CC(C)(C)C2. The molecule has 2 N–H and O–H groups in total. The summed E-state index contributed by atoms with van der Waals surface area (Å²) in [5, 5.41) is 4.38. The molecule has 82 valence electrons. The Labute approximate surface area is 89.5 Å². The predicted octanol–water partition coefficient (Wildman–Crippen LogP) is 1.03. The van der Waals surface area contributed by atoms with Crippen LogP contribution in [0.1, 0.15) is 42.0 Å². The first-order valence-electron chi connectivity index (χ1n) is 5.22. The molecule has 0 radical (unpaired) electrons. The van der Waals surface area contributed by atoms with Crippen molar-refractivity contribution in [1.29, 1.82) is 0 Å². The molecule has 0 aliphatic heterocycles. The molecule has 1 heterocycles. The molecule has 0 unspecified atom stereocenters. The van der Waals surface area contributed by atoms with Gasteiger partial charge in [-0.25, -0.2) is 0 Å². The topological polar surface area (TPSA) is 60.9 Å². The lowest BCUT2D eigenvalue weighted by Crippen LogP contribution is -2.27. The van der Waals surface area contributed by atoms with Gasteiger partial charge in [-0.15, -0.1) is 0 Å². The fraction of sp³-hybridized carbons (Fsp3) is 0.636. The van der Waals surface area contributed by atoms with Crippen LogP contribution in [0.2, 0.25) is 0 Å². The molecule has 1 aromatic heterocycles. The minimum atomic E-state index is 0.0320. The van der Waals surface area contributed by atoms with Crippen molar-refractivity contribution < 1.29 is 4.79 Å².